The maximum absolute atomic E-state index is 11.5. The van der Waals surface area contributed by atoms with Crippen molar-refractivity contribution in [3.8, 4) is 0 Å². The SMILES string of the molecule is O=C1C=C(O)C(=O)C2=C1CC=CC=C2. The Labute approximate surface area is 80.7 Å². The molecule has 0 aromatic heterocycles. The number of ketones is 2. The highest BCUT2D eigenvalue weighted by Crippen LogP contribution is 2.23. The van der Waals surface area contributed by atoms with Crippen LogP contribution in [0.1, 0.15) is 6.42 Å². The normalized spacial score (nSPS) is 20.7. The number of hydrogen-bond donors (Lipinski definition) is 1. The average molecular weight is 188 g/mol. The third kappa shape index (κ3) is 1.23. The number of aliphatic hydroxyl groups is 1. The van der Waals surface area contributed by atoms with E-state index in [2.05, 4.69) is 0 Å². The van der Waals surface area contributed by atoms with Gasteiger partial charge in [0, 0.05) is 17.2 Å². The van der Waals surface area contributed by atoms with Gasteiger partial charge in [0.1, 0.15) is 0 Å². The van der Waals surface area contributed by atoms with E-state index in [-0.39, 0.29) is 5.78 Å². The van der Waals surface area contributed by atoms with Gasteiger partial charge in [0.15, 0.2) is 11.5 Å². The predicted molar refractivity (Wildman–Crippen MR) is 50.6 cm³/mol. The topological polar surface area (TPSA) is 54.4 Å². The Morgan fingerprint density at radius 3 is 2.79 bits per heavy atom. The number of aliphatic hydroxyl groups excluding tert-OH is 1. The van der Waals surface area contributed by atoms with Crippen molar-refractivity contribution >= 4 is 11.6 Å². The molecule has 0 aromatic rings. The van der Waals surface area contributed by atoms with Gasteiger partial charge in [-0.25, -0.2) is 0 Å². The van der Waals surface area contributed by atoms with Crippen molar-refractivity contribution in [3.05, 3.63) is 47.3 Å². The molecular weight excluding hydrogens is 180 g/mol. The lowest BCUT2D eigenvalue weighted by molar-refractivity contribution is -0.117. The summed E-state index contributed by atoms with van der Waals surface area (Å²) in [5.74, 6) is -1.23. The summed E-state index contributed by atoms with van der Waals surface area (Å²) in [5.41, 5.74) is 0.762. The van der Waals surface area contributed by atoms with Gasteiger partial charge in [-0.05, 0) is 6.42 Å². The van der Waals surface area contributed by atoms with Crippen LogP contribution in [0.2, 0.25) is 0 Å². The molecule has 3 nitrogen and oxygen atoms in total. The zero-order valence-electron chi connectivity index (χ0n) is 7.36. The summed E-state index contributed by atoms with van der Waals surface area (Å²) in [4.78, 5) is 22.9. The molecule has 1 N–H and O–H groups in total. The van der Waals surface area contributed by atoms with E-state index in [0.29, 0.717) is 17.6 Å². The first-order valence-corrected chi connectivity index (χ1v) is 4.26. The Morgan fingerprint density at radius 1 is 1.21 bits per heavy atom. The van der Waals surface area contributed by atoms with Gasteiger partial charge < -0.3 is 5.11 Å². The summed E-state index contributed by atoms with van der Waals surface area (Å²) in [5, 5.41) is 9.18. The van der Waals surface area contributed by atoms with Gasteiger partial charge in [0.2, 0.25) is 5.78 Å². The Kier molecular flexibility index (Phi) is 1.93. The van der Waals surface area contributed by atoms with Crippen LogP contribution in [0.4, 0.5) is 0 Å². The third-order valence-corrected chi connectivity index (χ3v) is 2.20. The number of hydrogen-bond acceptors (Lipinski definition) is 3. The van der Waals surface area contributed by atoms with Crippen molar-refractivity contribution in [1.29, 1.82) is 0 Å². The molecule has 2 aliphatic rings. The molecule has 0 saturated heterocycles. The molecule has 0 heterocycles. The highest BCUT2D eigenvalue weighted by atomic mass is 16.3. The number of allylic oxidation sites excluding steroid dienone is 7. The lowest BCUT2D eigenvalue weighted by Crippen LogP contribution is -2.17. The Balaban J connectivity index is 2.54. The third-order valence-electron chi connectivity index (χ3n) is 2.20. The zero-order chi connectivity index (χ0) is 10.1. The van der Waals surface area contributed by atoms with Crippen molar-refractivity contribution in [1.82, 2.24) is 0 Å². The molecule has 2 aliphatic carbocycles. The zero-order valence-corrected chi connectivity index (χ0v) is 7.36. The summed E-state index contributed by atoms with van der Waals surface area (Å²) in [7, 11) is 0. The van der Waals surface area contributed by atoms with Crippen molar-refractivity contribution in [2.45, 2.75) is 6.42 Å². The van der Waals surface area contributed by atoms with Crippen molar-refractivity contribution in [2.24, 2.45) is 0 Å². The molecule has 0 saturated carbocycles. The molecule has 14 heavy (non-hydrogen) atoms. The quantitative estimate of drug-likeness (QED) is 0.584. The fourth-order valence-electron chi connectivity index (χ4n) is 1.49. The van der Waals surface area contributed by atoms with Crippen LogP contribution in [0.25, 0.3) is 0 Å². The van der Waals surface area contributed by atoms with Crippen LogP contribution in [0.5, 0.6) is 0 Å². The Morgan fingerprint density at radius 2 is 2.00 bits per heavy atom. The molecule has 0 amide bonds. The number of carbonyl (C=O) groups is 2. The molecule has 0 bridgehead atoms. The molecule has 0 spiro atoms. The minimum atomic E-state index is -0.473. The van der Waals surface area contributed by atoms with Crippen LogP contribution in [-0.2, 0) is 9.59 Å². The number of rotatable bonds is 0. The predicted octanol–water partition coefficient (Wildman–Crippen LogP) is 1.39. The van der Waals surface area contributed by atoms with Crippen LogP contribution in [0.3, 0.4) is 0 Å². The standard InChI is InChI=1S/C11H8O3/c12-9-6-10(13)11(14)8-5-3-1-2-4-7(8)9/h1-3,5-6,13H,4H2. The van der Waals surface area contributed by atoms with Crippen LogP contribution < -0.4 is 0 Å². The van der Waals surface area contributed by atoms with Gasteiger partial charge in [-0.3, -0.25) is 9.59 Å². The fourth-order valence-corrected chi connectivity index (χ4v) is 1.49. The van der Waals surface area contributed by atoms with Gasteiger partial charge in [0.25, 0.3) is 0 Å². The van der Waals surface area contributed by atoms with Crippen LogP contribution in [0.15, 0.2) is 47.3 Å². The van der Waals surface area contributed by atoms with E-state index in [0.717, 1.165) is 6.08 Å². The van der Waals surface area contributed by atoms with E-state index in [1.165, 1.54) is 0 Å². The number of carbonyl (C=O) groups excluding carboxylic acids is 2. The summed E-state index contributed by atoms with van der Waals surface area (Å²) >= 11 is 0. The molecule has 70 valence electrons. The second-order valence-corrected chi connectivity index (χ2v) is 3.11. The van der Waals surface area contributed by atoms with Crippen molar-refractivity contribution in [2.75, 3.05) is 0 Å². The Hall–Kier alpha value is -1.90. The first kappa shape index (κ1) is 8.69. The minimum Gasteiger partial charge on any atom is -0.504 e. The highest BCUT2D eigenvalue weighted by molar-refractivity contribution is 6.23. The molecule has 0 unspecified atom stereocenters. The second-order valence-electron chi connectivity index (χ2n) is 3.11. The van der Waals surface area contributed by atoms with Crippen LogP contribution in [0, 0.1) is 0 Å². The van der Waals surface area contributed by atoms with Crippen LogP contribution >= 0.6 is 0 Å². The van der Waals surface area contributed by atoms with E-state index in [9.17, 15) is 14.7 Å². The smallest absolute Gasteiger partial charge is 0.227 e. The van der Waals surface area contributed by atoms with E-state index >= 15 is 0 Å². The lowest BCUT2D eigenvalue weighted by atomic mass is 9.92. The summed E-state index contributed by atoms with van der Waals surface area (Å²) in [6, 6.07) is 0. The molecule has 3 heteroatoms. The molecule has 2 rings (SSSR count). The monoisotopic (exact) mass is 188 g/mol. The molecule has 0 aromatic carbocycles. The van der Waals surface area contributed by atoms with Gasteiger partial charge in [-0.1, -0.05) is 24.3 Å². The van der Waals surface area contributed by atoms with E-state index in [1.54, 1.807) is 24.3 Å². The number of Topliss-reactive ketones (excluding diaryl/α,β-unsaturated/α-hetero) is 1. The first-order valence-electron chi connectivity index (χ1n) is 4.26. The second kappa shape index (κ2) is 3.10. The molecule has 0 aliphatic heterocycles. The van der Waals surface area contributed by atoms with Crippen molar-refractivity contribution in [3.63, 3.8) is 0 Å². The maximum atomic E-state index is 11.5. The Bertz CT molecular complexity index is 433. The average Bonchev–Trinajstić information content (AvgIpc) is 2.39. The van der Waals surface area contributed by atoms with Gasteiger partial charge in [-0.2, -0.15) is 0 Å². The summed E-state index contributed by atoms with van der Waals surface area (Å²) in [6.45, 7) is 0. The largest absolute Gasteiger partial charge is 0.504 e. The highest BCUT2D eigenvalue weighted by Gasteiger charge is 2.26. The van der Waals surface area contributed by atoms with E-state index in [1.807, 2.05) is 0 Å². The molecule has 0 radical (unpaired) electrons. The summed E-state index contributed by atoms with van der Waals surface area (Å²) in [6.07, 6.45) is 8.25. The van der Waals surface area contributed by atoms with Gasteiger partial charge >= 0.3 is 0 Å². The lowest BCUT2D eigenvalue weighted by Gasteiger charge is -2.11. The molecular formula is C11H8O3. The maximum Gasteiger partial charge on any atom is 0.227 e. The first-order chi connectivity index (χ1) is 6.70. The molecule has 0 fully saturated rings. The van der Waals surface area contributed by atoms with Crippen LogP contribution in [-0.4, -0.2) is 16.7 Å². The van der Waals surface area contributed by atoms with Gasteiger partial charge in [-0.15, -0.1) is 0 Å². The van der Waals surface area contributed by atoms with E-state index in [4.69, 9.17) is 0 Å². The van der Waals surface area contributed by atoms with Crippen molar-refractivity contribution < 1.29 is 14.7 Å². The minimum absolute atomic E-state index is 0.284. The van der Waals surface area contributed by atoms with Gasteiger partial charge in [0.05, 0.1) is 0 Å². The summed E-state index contributed by atoms with van der Waals surface area (Å²) < 4.78 is 0. The molecule has 0 atom stereocenters. The fraction of sp³-hybridized carbons (Fsp3) is 0.0909. The van der Waals surface area contributed by atoms with E-state index < -0.39 is 11.5 Å².